The van der Waals surface area contributed by atoms with Gasteiger partial charge < -0.3 is 5.32 Å². The molecule has 1 fully saturated rings. The van der Waals surface area contributed by atoms with Crippen LogP contribution in [0.1, 0.15) is 24.3 Å². The van der Waals surface area contributed by atoms with Crippen LogP contribution in [0.5, 0.6) is 0 Å². The number of benzene rings is 1. The standard InChI is InChI=1S/C16H15N5O/c1-17-14-12-6-5-11(10-3-4-10)9-13(12)21(16(22)20-14)15-18-7-2-8-19-15/h2,5-10H,3-4H2,1H3,(H,17,20,22). The molecular weight excluding hydrogens is 278 g/mol. The molecular formula is C16H15N5O. The quantitative estimate of drug-likeness (QED) is 0.800. The second-order valence-electron chi connectivity index (χ2n) is 5.43. The predicted molar refractivity (Wildman–Crippen MR) is 84.5 cm³/mol. The second kappa shape index (κ2) is 4.91. The van der Waals surface area contributed by atoms with Crippen molar-refractivity contribution in [2.75, 3.05) is 12.4 Å². The molecule has 4 rings (SSSR count). The van der Waals surface area contributed by atoms with Crippen molar-refractivity contribution < 1.29 is 0 Å². The molecule has 0 saturated heterocycles. The lowest BCUT2D eigenvalue weighted by Gasteiger charge is -2.12. The smallest absolute Gasteiger partial charge is 0.357 e. The van der Waals surface area contributed by atoms with Crippen molar-refractivity contribution in [1.82, 2.24) is 19.5 Å². The SMILES string of the molecule is CNc1nc(=O)n(-c2ncccn2)c2cc(C3CC3)ccc12. The van der Waals surface area contributed by atoms with Crippen LogP contribution in [-0.4, -0.2) is 26.6 Å². The Kier molecular flexibility index (Phi) is 2.89. The Morgan fingerprint density at radius 1 is 1.23 bits per heavy atom. The number of hydrogen-bond acceptors (Lipinski definition) is 5. The van der Waals surface area contributed by atoms with Gasteiger partial charge in [0.2, 0.25) is 5.95 Å². The summed E-state index contributed by atoms with van der Waals surface area (Å²) in [5.41, 5.74) is 1.67. The number of nitrogens with one attached hydrogen (secondary N) is 1. The Morgan fingerprint density at radius 2 is 2.00 bits per heavy atom. The molecule has 0 aliphatic heterocycles. The van der Waals surface area contributed by atoms with E-state index in [4.69, 9.17) is 0 Å². The van der Waals surface area contributed by atoms with Crippen LogP contribution in [-0.2, 0) is 0 Å². The molecule has 0 amide bonds. The lowest BCUT2D eigenvalue weighted by atomic mass is 10.1. The van der Waals surface area contributed by atoms with E-state index in [0.29, 0.717) is 17.7 Å². The number of rotatable bonds is 3. The summed E-state index contributed by atoms with van der Waals surface area (Å²) in [6.45, 7) is 0. The monoisotopic (exact) mass is 293 g/mol. The molecule has 0 unspecified atom stereocenters. The first kappa shape index (κ1) is 12.9. The van der Waals surface area contributed by atoms with Gasteiger partial charge in [-0.15, -0.1) is 0 Å². The molecule has 2 aromatic heterocycles. The van der Waals surface area contributed by atoms with Crippen LogP contribution in [0.25, 0.3) is 16.9 Å². The third kappa shape index (κ3) is 2.04. The van der Waals surface area contributed by atoms with E-state index in [1.807, 2.05) is 6.07 Å². The summed E-state index contributed by atoms with van der Waals surface area (Å²) in [7, 11) is 1.76. The minimum atomic E-state index is -0.379. The van der Waals surface area contributed by atoms with Crippen LogP contribution in [0, 0.1) is 0 Å². The molecule has 110 valence electrons. The largest absolute Gasteiger partial charge is 0.372 e. The average molecular weight is 293 g/mol. The summed E-state index contributed by atoms with van der Waals surface area (Å²) in [4.78, 5) is 24.9. The third-order valence-electron chi connectivity index (χ3n) is 3.95. The second-order valence-corrected chi connectivity index (χ2v) is 5.43. The molecule has 1 aliphatic carbocycles. The Labute approximate surface area is 126 Å². The van der Waals surface area contributed by atoms with Gasteiger partial charge in [0.1, 0.15) is 5.82 Å². The molecule has 1 aliphatic rings. The van der Waals surface area contributed by atoms with E-state index in [0.717, 1.165) is 10.9 Å². The molecule has 0 bridgehead atoms. The topological polar surface area (TPSA) is 72.7 Å². The summed E-state index contributed by atoms with van der Waals surface area (Å²) >= 11 is 0. The molecule has 3 aromatic rings. The van der Waals surface area contributed by atoms with Gasteiger partial charge in [0.15, 0.2) is 0 Å². The Balaban J connectivity index is 2.07. The Morgan fingerprint density at radius 3 is 2.68 bits per heavy atom. The summed E-state index contributed by atoms with van der Waals surface area (Å²) in [5.74, 6) is 1.53. The number of aromatic nitrogens is 4. The van der Waals surface area contributed by atoms with Crippen LogP contribution in [0.2, 0.25) is 0 Å². The number of anilines is 1. The number of hydrogen-bond donors (Lipinski definition) is 1. The van der Waals surface area contributed by atoms with Crippen LogP contribution in [0.15, 0.2) is 41.5 Å². The molecule has 1 aromatic carbocycles. The van der Waals surface area contributed by atoms with Crippen molar-refractivity contribution >= 4 is 16.7 Å². The van der Waals surface area contributed by atoms with E-state index < -0.39 is 0 Å². The minimum absolute atomic E-state index is 0.348. The number of fused-ring (bicyclic) bond motifs is 1. The van der Waals surface area contributed by atoms with Gasteiger partial charge in [0.25, 0.3) is 0 Å². The first-order chi connectivity index (χ1) is 10.8. The maximum Gasteiger partial charge on any atom is 0.357 e. The highest BCUT2D eigenvalue weighted by molar-refractivity contribution is 5.90. The lowest BCUT2D eigenvalue weighted by molar-refractivity contribution is 0.877. The average Bonchev–Trinajstić information content (AvgIpc) is 3.39. The predicted octanol–water partition coefficient (Wildman–Crippen LogP) is 2.09. The summed E-state index contributed by atoms with van der Waals surface area (Å²) in [5, 5.41) is 3.88. The lowest BCUT2D eigenvalue weighted by Crippen LogP contribution is -2.24. The molecule has 0 radical (unpaired) electrons. The molecule has 0 atom stereocenters. The van der Waals surface area contributed by atoms with E-state index in [-0.39, 0.29) is 5.69 Å². The Hall–Kier alpha value is -2.76. The highest BCUT2D eigenvalue weighted by atomic mass is 16.1. The van der Waals surface area contributed by atoms with Crippen molar-refractivity contribution in [3.8, 4) is 5.95 Å². The van der Waals surface area contributed by atoms with Crippen molar-refractivity contribution in [1.29, 1.82) is 0 Å². The first-order valence-corrected chi connectivity index (χ1v) is 7.30. The summed E-state index contributed by atoms with van der Waals surface area (Å²) < 4.78 is 1.47. The first-order valence-electron chi connectivity index (χ1n) is 7.30. The zero-order chi connectivity index (χ0) is 15.1. The molecule has 1 saturated carbocycles. The van der Waals surface area contributed by atoms with Crippen LogP contribution in [0.3, 0.4) is 0 Å². The Bertz CT molecular complexity index is 900. The molecule has 22 heavy (non-hydrogen) atoms. The van der Waals surface area contributed by atoms with E-state index >= 15 is 0 Å². The molecule has 1 N–H and O–H groups in total. The summed E-state index contributed by atoms with van der Waals surface area (Å²) in [6, 6.07) is 7.92. The molecule has 6 nitrogen and oxygen atoms in total. The van der Waals surface area contributed by atoms with Gasteiger partial charge in [-0.2, -0.15) is 4.98 Å². The van der Waals surface area contributed by atoms with Crippen LogP contribution >= 0.6 is 0 Å². The zero-order valence-electron chi connectivity index (χ0n) is 12.2. The number of nitrogens with zero attached hydrogens (tertiary/aromatic N) is 4. The normalized spacial score (nSPS) is 14.2. The summed E-state index contributed by atoms with van der Waals surface area (Å²) in [6.07, 6.45) is 5.66. The van der Waals surface area contributed by atoms with Crippen molar-refractivity contribution in [3.63, 3.8) is 0 Å². The van der Waals surface area contributed by atoms with Crippen molar-refractivity contribution in [2.24, 2.45) is 0 Å². The fraction of sp³-hybridized carbons (Fsp3) is 0.250. The van der Waals surface area contributed by atoms with Crippen molar-refractivity contribution in [3.05, 3.63) is 52.7 Å². The maximum atomic E-state index is 12.4. The van der Waals surface area contributed by atoms with Gasteiger partial charge in [-0.25, -0.2) is 19.3 Å². The van der Waals surface area contributed by atoms with Crippen molar-refractivity contribution in [2.45, 2.75) is 18.8 Å². The van der Waals surface area contributed by atoms with E-state index in [1.54, 1.807) is 25.5 Å². The fourth-order valence-electron chi connectivity index (χ4n) is 2.70. The van der Waals surface area contributed by atoms with E-state index in [2.05, 4.69) is 32.4 Å². The van der Waals surface area contributed by atoms with Crippen LogP contribution < -0.4 is 11.0 Å². The highest BCUT2D eigenvalue weighted by Crippen LogP contribution is 2.41. The highest BCUT2D eigenvalue weighted by Gasteiger charge is 2.24. The van der Waals surface area contributed by atoms with E-state index in [1.165, 1.54) is 23.0 Å². The van der Waals surface area contributed by atoms with Gasteiger partial charge >= 0.3 is 5.69 Å². The molecule has 0 spiro atoms. The van der Waals surface area contributed by atoms with E-state index in [9.17, 15) is 4.79 Å². The van der Waals surface area contributed by atoms with Gasteiger partial charge in [-0.1, -0.05) is 6.07 Å². The van der Waals surface area contributed by atoms with Gasteiger partial charge in [0, 0.05) is 24.8 Å². The zero-order valence-corrected chi connectivity index (χ0v) is 12.2. The van der Waals surface area contributed by atoms with Gasteiger partial charge in [-0.3, -0.25) is 0 Å². The molecule has 2 heterocycles. The van der Waals surface area contributed by atoms with Crippen LogP contribution in [0.4, 0.5) is 5.82 Å². The van der Waals surface area contributed by atoms with Gasteiger partial charge in [-0.05, 0) is 42.5 Å². The molecule has 6 heteroatoms. The minimum Gasteiger partial charge on any atom is -0.372 e. The fourth-order valence-corrected chi connectivity index (χ4v) is 2.70. The third-order valence-corrected chi connectivity index (χ3v) is 3.95. The maximum absolute atomic E-state index is 12.4. The van der Waals surface area contributed by atoms with Gasteiger partial charge in [0.05, 0.1) is 5.52 Å².